The van der Waals surface area contributed by atoms with Gasteiger partial charge in [-0.15, -0.1) is 11.8 Å². The average molecular weight is 285 g/mol. The molecular formula is C18H23NS. The minimum absolute atomic E-state index is 0.185. The lowest BCUT2D eigenvalue weighted by Crippen LogP contribution is -2.27. The number of aliphatic imine (C=N–C) groups is 1. The largest absolute Gasteiger partial charge is 0.288 e. The second kappa shape index (κ2) is 6.94. The van der Waals surface area contributed by atoms with E-state index >= 15 is 0 Å². The summed E-state index contributed by atoms with van der Waals surface area (Å²) < 4.78 is 0. The lowest BCUT2D eigenvalue weighted by atomic mass is 9.88. The Hall–Kier alpha value is -1.28. The molecule has 1 aliphatic rings. The molecule has 106 valence electrons. The van der Waals surface area contributed by atoms with Gasteiger partial charge >= 0.3 is 0 Å². The molecule has 2 heteroatoms. The Labute approximate surface area is 126 Å². The Balaban J connectivity index is 1.98. The van der Waals surface area contributed by atoms with Crippen LogP contribution in [0.25, 0.3) is 0 Å². The molecule has 1 atom stereocenters. The highest BCUT2D eigenvalue weighted by atomic mass is 32.2. The van der Waals surface area contributed by atoms with Gasteiger partial charge in [-0.3, -0.25) is 4.99 Å². The summed E-state index contributed by atoms with van der Waals surface area (Å²) in [4.78, 5) is 4.83. The zero-order valence-electron chi connectivity index (χ0n) is 12.5. The van der Waals surface area contributed by atoms with Crippen LogP contribution >= 0.6 is 11.8 Å². The summed E-state index contributed by atoms with van der Waals surface area (Å²) in [6.07, 6.45) is 10.7. The van der Waals surface area contributed by atoms with Gasteiger partial charge in [0.25, 0.3) is 0 Å². The van der Waals surface area contributed by atoms with Crippen molar-refractivity contribution in [2.45, 2.75) is 32.1 Å². The Kier molecular flexibility index (Phi) is 5.24. The standard InChI is InChI=1S/C18H23NS/c1-18(2,3)17(14-20-16-11-7-8-12-16)19-13-15-9-5-4-6-10-15/h4-13,16-17H,14H2,1-3H3/t17-/m1/s1. The molecule has 0 N–H and O–H groups in total. The molecule has 0 bridgehead atoms. The second-order valence-electron chi connectivity index (χ2n) is 6.14. The molecule has 1 aromatic carbocycles. The van der Waals surface area contributed by atoms with E-state index in [1.165, 1.54) is 5.56 Å². The quantitative estimate of drug-likeness (QED) is 0.711. The molecule has 1 aromatic rings. The minimum Gasteiger partial charge on any atom is -0.288 e. The molecule has 0 aromatic heterocycles. The SMILES string of the molecule is CC(C)(C)[C@@H](CSC1C=CC=C1)N=Cc1ccccc1. The monoisotopic (exact) mass is 285 g/mol. The van der Waals surface area contributed by atoms with Gasteiger partial charge < -0.3 is 0 Å². The van der Waals surface area contributed by atoms with Crippen LogP contribution < -0.4 is 0 Å². The van der Waals surface area contributed by atoms with Crippen LogP contribution in [0.2, 0.25) is 0 Å². The van der Waals surface area contributed by atoms with Crippen molar-refractivity contribution in [2.24, 2.45) is 10.4 Å². The first-order valence-corrected chi connectivity index (χ1v) is 8.15. The van der Waals surface area contributed by atoms with Crippen LogP contribution in [0.5, 0.6) is 0 Å². The zero-order chi connectivity index (χ0) is 14.4. The lowest BCUT2D eigenvalue weighted by Gasteiger charge is -2.27. The third-order valence-electron chi connectivity index (χ3n) is 3.36. The molecule has 0 saturated heterocycles. The van der Waals surface area contributed by atoms with Crippen molar-refractivity contribution in [1.29, 1.82) is 0 Å². The molecule has 0 heterocycles. The second-order valence-corrected chi connectivity index (χ2v) is 7.35. The first kappa shape index (κ1) is 15.1. The Bertz CT molecular complexity index is 482. The zero-order valence-corrected chi connectivity index (χ0v) is 13.3. The number of nitrogens with zero attached hydrogens (tertiary/aromatic N) is 1. The Morgan fingerprint density at radius 2 is 1.80 bits per heavy atom. The fraction of sp³-hybridized carbons (Fsp3) is 0.389. The smallest absolute Gasteiger partial charge is 0.0638 e. The van der Waals surface area contributed by atoms with Crippen LogP contribution in [0.1, 0.15) is 26.3 Å². The van der Waals surface area contributed by atoms with Gasteiger partial charge in [-0.25, -0.2) is 0 Å². The first-order chi connectivity index (χ1) is 9.55. The van der Waals surface area contributed by atoms with Gasteiger partial charge in [0.05, 0.1) is 6.04 Å². The van der Waals surface area contributed by atoms with E-state index in [1.807, 2.05) is 24.0 Å². The summed E-state index contributed by atoms with van der Waals surface area (Å²) in [6, 6.07) is 10.7. The number of hydrogen-bond donors (Lipinski definition) is 0. The minimum atomic E-state index is 0.185. The molecule has 0 radical (unpaired) electrons. The summed E-state index contributed by atoms with van der Waals surface area (Å²) in [7, 11) is 0. The molecule has 1 nitrogen and oxygen atoms in total. The average Bonchev–Trinajstić information content (AvgIpc) is 2.91. The van der Waals surface area contributed by atoms with Crippen molar-refractivity contribution in [2.75, 3.05) is 5.75 Å². The number of rotatable bonds is 5. The van der Waals surface area contributed by atoms with Gasteiger partial charge in [-0.05, 0) is 11.0 Å². The van der Waals surface area contributed by atoms with Gasteiger partial charge in [0, 0.05) is 17.2 Å². The van der Waals surface area contributed by atoms with Gasteiger partial charge in [0.1, 0.15) is 0 Å². The van der Waals surface area contributed by atoms with Gasteiger partial charge in [-0.1, -0.05) is 75.4 Å². The van der Waals surface area contributed by atoms with E-state index < -0.39 is 0 Å². The van der Waals surface area contributed by atoms with Crippen molar-refractivity contribution < 1.29 is 0 Å². The highest BCUT2D eigenvalue weighted by Crippen LogP contribution is 2.28. The predicted molar refractivity (Wildman–Crippen MR) is 91.8 cm³/mol. The summed E-state index contributed by atoms with van der Waals surface area (Å²) >= 11 is 1.97. The van der Waals surface area contributed by atoms with Crippen molar-refractivity contribution in [3.63, 3.8) is 0 Å². The molecule has 0 fully saturated rings. The van der Waals surface area contributed by atoms with Gasteiger partial charge in [0.15, 0.2) is 0 Å². The predicted octanol–water partition coefficient (Wildman–Crippen LogP) is 4.75. The van der Waals surface area contributed by atoms with Crippen molar-refractivity contribution in [1.82, 2.24) is 0 Å². The van der Waals surface area contributed by atoms with E-state index in [9.17, 15) is 0 Å². The summed E-state index contributed by atoms with van der Waals surface area (Å²) in [5, 5.41) is 0.520. The van der Waals surface area contributed by atoms with Crippen molar-refractivity contribution in [3.05, 3.63) is 60.2 Å². The molecule has 0 saturated carbocycles. The van der Waals surface area contributed by atoms with Crippen molar-refractivity contribution in [3.8, 4) is 0 Å². The highest BCUT2D eigenvalue weighted by molar-refractivity contribution is 8.00. The van der Waals surface area contributed by atoms with E-state index in [1.54, 1.807) is 0 Å². The van der Waals surface area contributed by atoms with Crippen LogP contribution in [0.15, 0.2) is 59.6 Å². The van der Waals surface area contributed by atoms with Crippen LogP contribution in [0.4, 0.5) is 0 Å². The van der Waals surface area contributed by atoms with E-state index in [0.717, 1.165) is 5.75 Å². The van der Waals surface area contributed by atoms with E-state index in [4.69, 9.17) is 4.99 Å². The molecule has 0 aliphatic heterocycles. The number of benzene rings is 1. The van der Waals surface area contributed by atoms with Crippen LogP contribution in [-0.2, 0) is 0 Å². The first-order valence-electron chi connectivity index (χ1n) is 7.10. The molecule has 20 heavy (non-hydrogen) atoms. The summed E-state index contributed by atoms with van der Waals surface area (Å²) in [5.41, 5.74) is 1.36. The van der Waals surface area contributed by atoms with E-state index in [0.29, 0.717) is 11.3 Å². The van der Waals surface area contributed by atoms with E-state index in [-0.39, 0.29) is 5.41 Å². The van der Waals surface area contributed by atoms with Gasteiger partial charge in [-0.2, -0.15) is 0 Å². The van der Waals surface area contributed by atoms with E-state index in [2.05, 4.69) is 69.3 Å². The topological polar surface area (TPSA) is 12.4 Å². The molecule has 2 rings (SSSR count). The third-order valence-corrected chi connectivity index (χ3v) is 4.57. The summed E-state index contributed by atoms with van der Waals surface area (Å²) in [6.45, 7) is 6.79. The van der Waals surface area contributed by atoms with Gasteiger partial charge in [0.2, 0.25) is 0 Å². The molecule has 0 unspecified atom stereocenters. The third kappa shape index (κ3) is 4.68. The maximum atomic E-state index is 4.83. The summed E-state index contributed by atoms with van der Waals surface area (Å²) in [5.74, 6) is 1.05. The van der Waals surface area contributed by atoms with Crippen molar-refractivity contribution >= 4 is 18.0 Å². The normalized spacial score (nSPS) is 17.1. The van der Waals surface area contributed by atoms with Crippen LogP contribution in [0.3, 0.4) is 0 Å². The van der Waals surface area contributed by atoms with Crippen LogP contribution in [0, 0.1) is 5.41 Å². The number of allylic oxidation sites excluding steroid dienone is 2. The molecule has 0 amide bonds. The fourth-order valence-electron chi connectivity index (χ4n) is 1.96. The number of thioether (sulfide) groups is 1. The number of hydrogen-bond acceptors (Lipinski definition) is 2. The fourth-order valence-corrected chi connectivity index (χ4v) is 3.35. The lowest BCUT2D eigenvalue weighted by molar-refractivity contribution is 0.347. The molecular weight excluding hydrogens is 262 g/mol. The Morgan fingerprint density at radius 3 is 2.40 bits per heavy atom. The maximum absolute atomic E-state index is 4.83. The Morgan fingerprint density at radius 1 is 1.15 bits per heavy atom. The molecule has 0 spiro atoms. The van der Waals surface area contributed by atoms with Crippen LogP contribution in [-0.4, -0.2) is 23.3 Å². The highest BCUT2D eigenvalue weighted by Gasteiger charge is 2.24. The maximum Gasteiger partial charge on any atom is 0.0638 e. The molecule has 1 aliphatic carbocycles.